The highest BCUT2D eigenvalue weighted by molar-refractivity contribution is 6.35. The van der Waals surface area contributed by atoms with Crippen molar-refractivity contribution in [3.63, 3.8) is 0 Å². The second kappa shape index (κ2) is 5.93. The third-order valence-corrected chi connectivity index (χ3v) is 3.79. The van der Waals surface area contributed by atoms with Crippen molar-refractivity contribution < 1.29 is 14.3 Å². The summed E-state index contributed by atoms with van der Waals surface area (Å²) >= 11 is 5.92. The quantitative estimate of drug-likeness (QED) is 0.669. The van der Waals surface area contributed by atoms with Crippen molar-refractivity contribution in [2.45, 2.75) is 13.0 Å². The van der Waals surface area contributed by atoms with Crippen molar-refractivity contribution >= 4 is 28.6 Å². The number of carboxylic acid groups (broad SMARTS) is 1. The summed E-state index contributed by atoms with van der Waals surface area (Å²) in [7, 11) is 0. The number of hydrogen-bond acceptors (Lipinski definition) is 4. The number of carbonyl (C=O) groups is 1. The second-order valence-electron chi connectivity index (χ2n) is 4.99. The molecule has 1 unspecified atom stereocenters. The van der Waals surface area contributed by atoms with Crippen LogP contribution in [-0.2, 0) is 0 Å². The number of amides is 1. The topological polar surface area (TPSA) is 113 Å². The third kappa shape index (κ3) is 2.58. The molecule has 1 aromatic carbocycles. The summed E-state index contributed by atoms with van der Waals surface area (Å²) < 4.78 is 14.9. The van der Waals surface area contributed by atoms with Gasteiger partial charge in [0.05, 0.1) is 33.9 Å². The molecule has 2 aromatic heterocycles. The van der Waals surface area contributed by atoms with Crippen molar-refractivity contribution in [2.24, 2.45) is 0 Å². The normalized spacial score (nSPS) is 12.3. The van der Waals surface area contributed by atoms with Crippen LogP contribution in [0.1, 0.15) is 18.8 Å². The van der Waals surface area contributed by atoms with Crippen molar-refractivity contribution in [1.82, 2.24) is 25.1 Å². The molecular weight excluding hydrogens is 341 g/mol. The van der Waals surface area contributed by atoms with E-state index in [-0.39, 0.29) is 21.7 Å². The molecule has 1 amide bonds. The molecule has 0 saturated heterocycles. The standard InChI is InChI=1S/C14H11ClFN5O3/c1-6(19-14(23)24)12-20-9-3-2-8(16)11(15)10(9)13(22)21(12)7-4-17-18-5-7/h2-6,19H,1H3,(H,17,18)(H,23,24). The zero-order chi connectivity index (χ0) is 17.4. The predicted molar refractivity (Wildman–Crippen MR) is 84.0 cm³/mol. The van der Waals surface area contributed by atoms with E-state index in [1.807, 2.05) is 0 Å². The molecular formula is C14H11ClFN5O3. The maximum Gasteiger partial charge on any atom is 0.405 e. The van der Waals surface area contributed by atoms with Gasteiger partial charge in [0.15, 0.2) is 0 Å². The highest BCUT2D eigenvalue weighted by Gasteiger charge is 2.21. The van der Waals surface area contributed by atoms with Gasteiger partial charge >= 0.3 is 6.09 Å². The number of hydrogen-bond donors (Lipinski definition) is 3. The van der Waals surface area contributed by atoms with Gasteiger partial charge in [0, 0.05) is 6.20 Å². The van der Waals surface area contributed by atoms with Crippen LogP contribution in [0.25, 0.3) is 16.6 Å². The van der Waals surface area contributed by atoms with Gasteiger partial charge in [-0.3, -0.25) is 14.5 Å². The van der Waals surface area contributed by atoms with Gasteiger partial charge in [0.1, 0.15) is 11.6 Å². The molecule has 1 atom stereocenters. The lowest BCUT2D eigenvalue weighted by molar-refractivity contribution is 0.190. The predicted octanol–water partition coefficient (Wildman–Crippen LogP) is 2.23. The summed E-state index contributed by atoms with van der Waals surface area (Å²) in [5.74, 6) is -0.620. The summed E-state index contributed by atoms with van der Waals surface area (Å²) in [6.45, 7) is 1.53. The molecule has 0 bridgehead atoms. The number of aromatic nitrogens is 4. The Morgan fingerprint density at radius 3 is 2.88 bits per heavy atom. The number of aromatic amines is 1. The molecule has 3 N–H and O–H groups in total. The summed E-state index contributed by atoms with van der Waals surface area (Å²) in [6, 6.07) is 1.60. The first-order valence-electron chi connectivity index (χ1n) is 6.79. The zero-order valence-corrected chi connectivity index (χ0v) is 13.0. The van der Waals surface area contributed by atoms with Crippen molar-refractivity contribution in [1.29, 1.82) is 0 Å². The number of halogens is 2. The number of benzene rings is 1. The lowest BCUT2D eigenvalue weighted by Crippen LogP contribution is -2.32. The molecule has 124 valence electrons. The molecule has 2 heterocycles. The van der Waals surface area contributed by atoms with Crippen LogP contribution in [0.15, 0.2) is 29.3 Å². The van der Waals surface area contributed by atoms with Gasteiger partial charge in [-0.05, 0) is 19.1 Å². The molecule has 0 aliphatic heterocycles. The van der Waals surface area contributed by atoms with E-state index in [2.05, 4.69) is 20.5 Å². The molecule has 10 heteroatoms. The first-order valence-corrected chi connectivity index (χ1v) is 7.17. The van der Waals surface area contributed by atoms with Crippen LogP contribution >= 0.6 is 11.6 Å². The number of nitrogens with one attached hydrogen (secondary N) is 2. The Morgan fingerprint density at radius 2 is 2.25 bits per heavy atom. The lowest BCUT2D eigenvalue weighted by Gasteiger charge is -2.17. The highest BCUT2D eigenvalue weighted by atomic mass is 35.5. The first kappa shape index (κ1) is 15.9. The molecule has 0 fully saturated rings. The Bertz CT molecular complexity index is 986. The fourth-order valence-corrected chi connectivity index (χ4v) is 2.62. The lowest BCUT2D eigenvalue weighted by atomic mass is 10.2. The molecule has 0 aliphatic carbocycles. The Hall–Kier alpha value is -2.94. The number of rotatable bonds is 3. The fraction of sp³-hybridized carbons (Fsp3) is 0.143. The molecule has 0 aliphatic rings. The third-order valence-electron chi connectivity index (χ3n) is 3.42. The van der Waals surface area contributed by atoms with Gasteiger partial charge in [-0.2, -0.15) is 5.10 Å². The average Bonchev–Trinajstić information content (AvgIpc) is 3.03. The molecule has 0 saturated carbocycles. The highest BCUT2D eigenvalue weighted by Crippen LogP contribution is 2.25. The van der Waals surface area contributed by atoms with E-state index in [0.717, 1.165) is 10.6 Å². The Kier molecular flexibility index (Phi) is 3.94. The zero-order valence-electron chi connectivity index (χ0n) is 12.2. The van der Waals surface area contributed by atoms with E-state index in [9.17, 15) is 14.0 Å². The van der Waals surface area contributed by atoms with Crippen molar-refractivity contribution in [2.75, 3.05) is 0 Å². The Morgan fingerprint density at radius 1 is 1.50 bits per heavy atom. The van der Waals surface area contributed by atoms with Gasteiger partial charge in [-0.25, -0.2) is 14.2 Å². The van der Waals surface area contributed by atoms with Gasteiger partial charge in [-0.1, -0.05) is 11.6 Å². The van der Waals surface area contributed by atoms with Crippen LogP contribution in [0.3, 0.4) is 0 Å². The van der Waals surface area contributed by atoms with Crippen LogP contribution in [0, 0.1) is 5.82 Å². The van der Waals surface area contributed by atoms with Crippen molar-refractivity contribution in [3.8, 4) is 5.69 Å². The van der Waals surface area contributed by atoms with Crippen LogP contribution < -0.4 is 10.9 Å². The van der Waals surface area contributed by atoms with E-state index < -0.39 is 23.5 Å². The van der Waals surface area contributed by atoms with Crippen LogP contribution in [-0.4, -0.2) is 30.9 Å². The number of H-pyrrole nitrogens is 1. The van der Waals surface area contributed by atoms with Crippen LogP contribution in [0.5, 0.6) is 0 Å². The van der Waals surface area contributed by atoms with Crippen LogP contribution in [0.2, 0.25) is 5.02 Å². The number of fused-ring (bicyclic) bond motifs is 1. The van der Waals surface area contributed by atoms with E-state index >= 15 is 0 Å². The van der Waals surface area contributed by atoms with Gasteiger partial charge < -0.3 is 10.4 Å². The Balaban J connectivity index is 2.38. The summed E-state index contributed by atoms with van der Waals surface area (Å²) in [6.07, 6.45) is 1.52. The van der Waals surface area contributed by atoms with Gasteiger partial charge in [0.25, 0.3) is 5.56 Å². The van der Waals surface area contributed by atoms with Crippen molar-refractivity contribution in [3.05, 3.63) is 51.5 Å². The fourth-order valence-electron chi connectivity index (χ4n) is 2.38. The SMILES string of the molecule is CC(NC(=O)O)c1nc2ccc(F)c(Cl)c2c(=O)n1-c1cn[nH]c1. The minimum Gasteiger partial charge on any atom is -0.465 e. The van der Waals surface area contributed by atoms with Gasteiger partial charge in [0.2, 0.25) is 0 Å². The Labute approximate surface area is 138 Å². The largest absolute Gasteiger partial charge is 0.465 e. The van der Waals surface area contributed by atoms with Gasteiger partial charge in [-0.15, -0.1) is 0 Å². The summed E-state index contributed by atoms with van der Waals surface area (Å²) in [5, 5.41) is 17.0. The van der Waals surface area contributed by atoms with E-state index in [4.69, 9.17) is 16.7 Å². The molecule has 3 aromatic rings. The number of nitrogens with zero attached hydrogens (tertiary/aromatic N) is 3. The maximum atomic E-state index is 13.7. The minimum atomic E-state index is -1.27. The van der Waals surface area contributed by atoms with E-state index in [1.54, 1.807) is 0 Å². The molecule has 24 heavy (non-hydrogen) atoms. The summed E-state index contributed by atoms with van der Waals surface area (Å²) in [5.41, 5.74) is -0.135. The van der Waals surface area contributed by atoms with E-state index in [0.29, 0.717) is 5.69 Å². The summed E-state index contributed by atoms with van der Waals surface area (Å²) in [4.78, 5) is 28.1. The maximum absolute atomic E-state index is 13.7. The minimum absolute atomic E-state index is 0.0934. The molecule has 3 rings (SSSR count). The second-order valence-corrected chi connectivity index (χ2v) is 5.37. The smallest absolute Gasteiger partial charge is 0.405 e. The first-order chi connectivity index (χ1) is 11.4. The monoisotopic (exact) mass is 351 g/mol. The average molecular weight is 352 g/mol. The molecule has 8 nitrogen and oxygen atoms in total. The van der Waals surface area contributed by atoms with E-state index in [1.165, 1.54) is 25.4 Å². The van der Waals surface area contributed by atoms with Crippen LogP contribution in [0.4, 0.5) is 9.18 Å². The molecule has 0 radical (unpaired) electrons. The molecule has 0 spiro atoms.